The Hall–Kier alpha value is -10.6. The summed E-state index contributed by atoms with van der Waals surface area (Å²) < 4.78 is 0. The molecule has 3 aliphatic rings. The predicted octanol–water partition coefficient (Wildman–Crippen LogP) is -2.93. The summed E-state index contributed by atoms with van der Waals surface area (Å²) in [5, 5.41) is 81.0. The van der Waals surface area contributed by atoms with Crippen molar-refractivity contribution in [3.8, 4) is 0 Å². The number of unbranched alkanes of at least 4 members (excludes halogenated alkanes) is 2. The molecule has 2 saturated heterocycles. The summed E-state index contributed by atoms with van der Waals surface area (Å²) in [6, 6.07) is 4.77. The number of carboxylic acid groups (broad SMARTS) is 3. The van der Waals surface area contributed by atoms with Crippen LogP contribution in [0.15, 0.2) is 97.5 Å². The van der Waals surface area contributed by atoms with E-state index in [4.69, 9.17) is 17.2 Å². The topological polar surface area (TPSA) is 603 Å². The Morgan fingerprint density at radius 2 is 1.21 bits per heavy atom. The summed E-state index contributed by atoms with van der Waals surface area (Å²) in [4.78, 5) is 221. The van der Waals surface area contributed by atoms with Crippen LogP contribution in [-0.4, -0.2) is 256 Å². The number of nitrogens with two attached hydrogens (primary N) is 3. The third-order valence-corrected chi connectivity index (χ3v) is 21.9. The van der Waals surface area contributed by atoms with E-state index in [-0.39, 0.29) is 93.4 Å². The second-order valence-corrected chi connectivity index (χ2v) is 31.0. The number of nitrogens with zero attached hydrogens (tertiary/aromatic N) is 3. The van der Waals surface area contributed by atoms with Crippen LogP contribution in [0, 0.1) is 0 Å². The summed E-state index contributed by atoms with van der Waals surface area (Å²) >= 11 is 2.42. The van der Waals surface area contributed by atoms with Crippen LogP contribution in [0.3, 0.4) is 0 Å². The average Bonchev–Trinajstić information content (AvgIpc) is 1.66. The molecule has 638 valence electrons. The Bertz CT molecular complexity index is 4040. The zero-order chi connectivity index (χ0) is 85.3. The zero-order valence-electron chi connectivity index (χ0n) is 65.1. The van der Waals surface area contributed by atoms with Crippen LogP contribution in [0.5, 0.6) is 0 Å². The van der Waals surface area contributed by atoms with Gasteiger partial charge in [0.2, 0.25) is 70.9 Å². The van der Waals surface area contributed by atoms with Crippen LogP contribution in [0.25, 0.3) is 0 Å². The lowest BCUT2D eigenvalue weighted by atomic mass is 10.0. The average molecular weight is 1670 g/mol. The summed E-state index contributed by atoms with van der Waals surface area (Å²) in [5.74, 6) is -15.7. The van der Waals surface area contributed by atoms with Gasteiger partial charge in [-0.2, -0.15) is 23.5 Å². The highest BCUT2D eigenvalue weighted by Gasteiger charge is 2.46. The van der Waals surface area contributed by atoms with Gasteiger partial charge in [-0.3, -0.25) is 82.6 Å². The minimum absolute atomic E-state index is 0.0691. The number of H-pyrrole nitrogens is 1. The molecule has 2 fully saturated rings. The van der Waals surface area contributed by atoms with Crippen LogP contribution in [-0.2, 0) is 103 Å². The van der Waals surface area contributed by atoms with Crippen molar-refractivity contribution in [2.45, 2.75) is 226 Å². The summed E-state index contributed by atoms with van der Waals surface area (Å²) in [7, 11) is 0. The minimum atomic E-state index is -2.08. The highest BCUT2D eigenvalue weighted by molar-refractivity contribution is 7.98. The van der Waals surface area contributed by atoms with Crippen LogP contribution in [0.4, 0.5) is 0 Å². The Labute approximate surface area is 684 Å². The van der Waals surface area contributed by atoms with Crippen molar-refractivity contribution >= 4 is 112 Å². The number of carbonyl (C=O) groups is 15. The van der Waals surface area contributed by atoms with Gasteiger partial charge in [0, 0.05) is 74.4 Å². The lowest BCUT2D eigenvalue weighted by Crippen LogP contribution is -2.62. The number of aromatic nitrogens is 2. The molecule has 4 heterocycles. The first-order valence-electron chi connectivity index (χ1n) is 38.8. The van der Waals surface area contributed by atoms with Gasteiger partial charge in [-0.25, -0.2) is 4.98 Å². The van der Waals surface area contributed by atoms with Crippen molar-refractivity contribution < 1.29 is 97.5 Å². The van der Waals surface area contributed by atoms with Gasteiger partial charge in [-0.1, -0.05) is 105 Å². The molecule has 0 spiro atoms. The van der Waals surface area contributed by atoms with Gasteiger partial charge in [0.15, 0.2) is 0 Å². The molecule has 1 unspecified atom stereocenters. The van der Waals surface area contributed by atoms with Crippen LogP contribution < -0.4 is 75.7 Å². The molecule has 117 heavy (non-hydrogen) atoms. The summed E-state index contributed by atoms with van der Waals surface area (Å²) in [6.45, 7) is 3.53. The third kappa shape index (κ3) is 30.7. The number of nitrogens with one attached hydrogen (secondary N) is 12. The van der Waals surface area contributed by atoms with E-state index >= 15 is 9.59 Å². The zero-order valence-corrected chi connectivity index (χ0v) is 66.8. The Morgan fingerprint density at radius 1 is 0.615 bits per heavy atom. The summed E-state index contributed by atoms with van der Waals surface area (Å²) in [5.41, 5.74) is 19.3. The first kappa shape index (κ1) is 93.5. The number of hydrogen-bond donors (Lipinski definition) is 20. The van der Waals surface area contributed by atoms with Gasteiger partial charge in [0.1, 0.15) is 72.9 Å². The van der Waals surface area contributed by atoms with E-state index < -0.39 is 206 Å². The van der Waals surface area contributed by atoms with Gasteiger partial charge in [-0.15, -0.1) is 0 Å². The molecule has 1 aromatic heterocycles. The van der Waals surface area contributed by atoms with Crippen LogP contribution in [0.1, 0.15) is 132 Å². The number of aliphatic hydroxyl groups excluding tert-OH is 2. The fourth-order valence-electron chi connectivity index (χ4n) is 13.6. The van der Waals surface area contributed by atoms with Crippen molar-refractivity contribution in [1.82, 2.24) is 78.3 Å². The normalized spacial score (nSPS) is 21.2. The van der Waals surface area contributed by atoms with Gasteiger partial charge < -0.3 is 105 Å². The molecule has 0 radical (unpaired) electrons. The molecular formula is C77H108N18O20S2. The molecule has 38 nitrogen and oxygen atoms in total. The number of carboxylic acids is 3. The van der Waals surface area contributed by atoms with Crippen molar-refractivity contribution in [2.75, 3.05) is 31.1 Å². The van der Waals surface area contributed by atoms with Gasteiger partial charge >= 0.3 is 17.9 Å². The maximum Gasteiger partial charge on any atom is 0.305 e. The van der Waals surface area contributed by atoms with E-state index in [1.54, 1.807) is 72.8 Å². The second kappa shape index (κ2) is 47.6. The molecule has 23 N–H and O–H groups in total. The van der Waals surface area contributed by atoms with E-state index in [2.05, 4.69) is 68.5 Å². The van der Waals surface area contributed by atoms with Crippen molar-refractivity contribution in [2.24, 2.45) is 17.2 Å². The standard InChI is InChI=1S/C77H108N18O20S2/c1-3-4-7-25-60(97)84-57-41-117-39-47-21-12-20-46(31-47)38-116-40-56(92-69(108)53(33-45-18-10-6-11-19-45)88-67(106)50(26-27-61(98)99)86-74(113)64(43(2)96)93-73(112)58-23-14-29-94(58)76(115)59-24-15-30-95(59)75(57)114)72(111)91-55(36-63(102)103)71(110)90-54(34-48-37-81-42-83-48)70(109)89-52(32-44-16-8-5-9-17-44)68(107)85-49(22-13-28-82-77(79)80)66(105)87-51(65(78)104)35-62(100)101/h5-6,8-12,16-21,31,37,42-43,49-59,64,66,77,82,87,96,105H,3-4,7,13-15,22-30,32-36,38-41,79-80H2,1-2H3,(H2,78,104)(H,81,83)(H,84,97)(H,85,107)(H,86,113)(H,88,106)(H,89,109)(H,90,110)(H,91,111)(H,92,108)(H,93,112)(H,98,99)(H,100,101)(H,102,103)/t43-,49+,50+,51+,52+,53+,54+,55+,56+,57+,58+,59+,64+,66?/m1/s1. The number of aromatic amines is 1. The SMILES string of the molecule is CCCCCC(=O)N[C@H]1CSCc2cccc(c2)CSC[C@@H](C(=O)N[C@@H](CC(=O)O)C(=O)N[C@@H](Cc2c[nH]cn2)C(=O)N[C@@H](Cc2ccccc2)C(=O)N[C@@H](CCCNC(N)N)C(O)N[C@@H](CC(=O)O)C(N)=O)NC(=O)[C@H](Cc2ccccc2)NC(=O)[C@H](CCC(=O)O)NC(=O)[C@H]([C@@H](C)O)NC(=O)[C@@H]2CCCN2C(=O)[C@@H]2CCCN2C1=O. The molecular weight excluding hydrogens is 1560 g/mol. The number of amides is 12. The van der Waals surface area contributed by atoms with Gasteiger partial charge in [0.25, 0.3) is 0 Å². The number of fused-ring (bicyclic) bond motifs is 4. The van der Waals surface area contributed by atoms with E-state index in [9.17, 15) is 87.9 Å². The Kier molecular flexibility index (Phi) is 38.0. The smallest absolute Gasteiger partial charge is 0.305 e. The first-order chi connectivity index (χ1) is 55.9. The lowest BCUT2D eigenvalue weighted by molar-refractivity contribution is -0.148. The Balaban J connectivity index is 1.23. The largest absolute Gasteiger partial charge is 0.481 e. The number of aliphatic hydroxyl groups is 2. The maximum atomic E-state index is 15.2. The number of aliphatic carboxylic acids is 3. The van der Waals surface area contributed by atoms with Gasteiger partial charge in [-0.05, 0) is 87.1 Å². The van der Waals surface area contributed by atoms with Crippen LogP contribution in [0.2, 0.25) is 0 Å². The van der Waals surface area contributed by atoms with Crippen LogP contribution >= 0.6 is 23.5 Å². The van der Waals surface area contributed by atoms with Crippen molar-refractivity contribution in [3.05, 3.63) is 125 Å². The fraction of sp³-hybridized carbons (Fsp3) is 0.532. The van der Waals surface area contributed by atoms with Crippen molar-refractivity contribution in [3.63, 3.8) is 0 Å². The number of thioether (sulfide) groups is 2. The lowest BCUT2D eigenvalue weighted by Gasteiger charge is -2.33. The number of hydrogen-bond acceptors (Lipinski definition) is 24. The molecule has 2 bridgehead atoms. The highest BCUT2D eigenvalue weighted by atomic mass is 32.2. The maximum absolute atomic E-state index is 15.2. The number of benzene rings is 3. The fourth-order valence-corrected chi connectivity index (χ4v) is 15.6. The molecule has 0 saturated carbocycles. The molecule has 12 amide bonds. The first-order valence-corrected chi connectivity index (χ1v) is 41.1. The molecule has 3 aromatic carbocycles. The number of rotatable bonds is 36. The predicted molar refractivity (Wildman–Crippen MR) is 427 cm³/mol. The van der Waals surface area contributed by atoms with E-state index in [0.717, 1.165) is 37.1 Å². The minimum Gasteiger partial charge on any atom is -0.481 e. The second-order valence-electron chi connectivity index (χ2n) is 29.0. The number of primary amides is 1. The van der Waals surface area contributed by atoms with Gasteiger partial charge in [0.05, 0.1) is 43.1 Å². The summed E-state index contributed by atoms with van der Waals surface area (Å²) in [6.07, 6.45) is -2.85. The molecule has 0 aliphatic carbocycles. The number of carbonyl (C=O) groups excluding carboxylic acids is 12. The molecule has 4 aromatic rings. The Morgan fingerprint density at radius 3 is 1.81 bits per heavy atom. The van der Waals surface area contributed by atoms with E-state index in [1.165, 1.54) is 34.1 Å². The quantitative estimate of drug-likeness (QED) is 0.0160. The van der Waals surface area contributed by atoms with E-state index in [1.807, 2.05) is 19.1 Å². The number of imidazole rings is 1. The molecule has 14 atom stereocenters. The molecule has 3 aliphatic heterocycles. The van der Waals surface area contributed by atoms with E-state index in [0.29, 0.717) is 41.7 Å². The molecule has 40 heteroatoms. The van der Waals surface area contributed by atoms with Crippen molar-refractivity contribution in [1.29, 1.82) is 0 Å². The third-order valence-electron chi connectivity index (χ3n) is 19.7. The highest BCUT2D eigenvalue weighted by Crippen LogP contribution is 2.28. The monoisotopic (exact) mass is 1670 g/mol. The molecule has 7 rings (SSSR count).